The Morgan fingerprint density at radius 3 is 1.79 bits per heavy atom. The van der Waals surface area contributed by atoms with Gasteiger partial charge in [-0.2, -0.15) is 0 Å². The van der Waals surface area contributed by atoms with E-state index in [9.17, 15) is 4.79 Å². The van der Waals surface area contributed by atoms with Crippen molar-refractivity contribution in [3.63, 3.8) is 0 Å². The Hall–Kier alpha value is -0.530. The molecule has 0 fully saturated rings. The largest absolute Gasteiger partial charge is 0.343 e. The van der Waals surface area contributed by atoms with Gasteiger partial charge in [-0.05, 0) is 12.8 Å². The van der Waals surface area contributed by atoms with Crippen LogP contribution < -0.4 is 0 Å². The Labute approximate surface area is 89.7 Å². The van der Waals surface area contributed by atoms with Crippen molar-refractivity contribution in [2.24, 2.45) is 0 Å². The number of hydrogen-bond acceptors (Lipinski definition) is 1. The molecule has 0 heterocycles. The highest BCUT2D eigenvalue weighted by Crippen LogP contribution is 1.96. The third-order valence-electron chi connectivity index (χ3n) is 1.72. The van der Waals surface area contributed by atoms with Crippen LogP contribution in [0, 0.1) is 0 Å². The van der Waals surface area contributed by atoms with Gasteiger partial charge in [-0.25, -0.2) is 0 Å². The fourth-order valence-electron chi connectivity index (χ4n) is 1.05. The highest BCUT2D eigenvalue weighted by Gasteiger charge is 2.04. The minimum Gasteiger partial charge on any atom is -0.343 e. The zero-order valence-electron chi connectivity index (χ0n) is 10.6. The summed E-state index contributed by atoms with van der Waals surface area (Å²) < 4.78 is 0. The van der Waals surface area contributed by atoms with Crippen molar-refractivity contribution in [3.8, 4) is 0 Å². The molecular weight excluding hydrogens is 174 g/mol. The van der Waals surface area contributed by atoms with Crippen molar-refractivity contribution in [1.82, 2.24) is 4.90 Å². The molecule has 86 valence electrons. The van der Waals surface area contributed by atoms with E-state index in [0.717, 1.165) is 32.4 Å². The highest BCUT2D eigenvalue weighted by atomic mass is 16.2. The fourth-order valence-corrected chi connectivity index (χ4v) is 1.05. The number of unbranched alkanes of at least 4 members (excludes halogenated alkanes) is 1. The van der Waals surface area contributed by atoms with E-state index in [4.69, 9.17) is 0 Å². The first-order valence-corrected chi connectivity index (χ1v) is 5.89. The van der Waals surface area contributed by atoms with Crippen LogP contribution in [0.1, 0.15) is 60.3 Å². The minimum atomic E-state index is 0.209. The van der Waals surface area contributed by atoms with Gasteiger partial charge in [0.05, 0.1) is 0 Å². The third-order valence-corrected chi connectivity index (χ3v) is 1.72. The Bertz CT molecular complexity index is 123. The number of nitrogens with zero attached hydrogens (tertiary/aromatic N) is 1. The van der Waals surface area contributed by atoms with Crippen molar-refractivity contribution < 1.29 is 4.79 Å². The molecule has 0 saturated heterocycles. The second kappa shape index (κ2) is 12.5. The van der Waals surface area contributed by atoms with Gasteiger partial charge in [0.1, 0.15) is 0 Å². The van der Waals surface area contributed by atoms with E-state index in [0.29, 0.717) is 0 Å². The lowest BCUT2D eigenvalue weighted by atomic mass is 10.3. The van der Waals surface area contributed by atoms with Crippen LogP contribution in [0.3, 0.4) is 0 Å². The summed E-state index contributed by atoms with van der Waals surface area (Å²) in [5.41, 5.74) is 0. The Morgan fingerprint density at radius 2 is 1.50 bits per heavy atom. The number of carbonyl (C=O) groups is 1. The Morgan fingerprint density at radius 1 is 1.00 bits per heavy atom. The van der Waals surface area contributed by atoms with Crippen molar-refractivity contribution in [3.05, 3.63) is 0 Å². The monoisotopic (exact) mass is 201 g/mol. The van der Waals surface area contributed by atoms with Gasteiger partial charge in [-0.15, -0.1) is 0 Å². The number of carbonyl (C=O) groups excluding carboxylic acids is 1. The van der Waals surface area contributed by atoms with E-state index in [1.165, 1.54) is 6.42 Å². The summed E-state index contributed by atoms with van der Waals surface area (Å²) in [4.78, 5) is 12.9. The minimum absolute atomic E-state index is 0.209. The topological polar surface area (TPSA) is 20.3 Å². The number of rotatable bonds is 5. The van der Waals surface area contributed by atoms with E-state index in [1.54, 1.807) is 6.92 Å². The van der Waals surface area contributed by atoms with Crippen LogP contribution in [0.4, 0.5) is 0 Å². The molecule has 2 nitrogen and oxygen atoms in total. The lowest BCUT2D eigenvalue weighted by Gasteiger charge is -2.19. The van der Waals surface area contributed by atoms with E-state index in [1.807, 2.05) is 4.90 Å². The molecule has 0 spiro atoms. The van der Waals surface area contributed by atoms with Gasteiger partial charge in [0, 0.05) is 20.0 Å². The van der Waals surface area contributed by atoms with Gasteiger partial charge in [0.25, 0.3) is 0 Å². The highest BCUT2D eigenvalue weighted by molar-refractivity contribution is 5.73. The summed E-state index contributed by atoms with van der Waals surface area (Å²) in [5.74, 6) is 0.209. The molecule has 0 saturated carbocycles. The molecule has 0 rings (SSSR count). The van der Waals surface area contributed by atoms with Crippen LogP contribution in [-0.4, -0.2) is 23.9 Å². The van der Waals surface area contributed by atoms with Gasteiger partial charge in [0.2, 0.25) is 5.91 Å². The molecule has 0 aliphatic rings. The standard InChI is InChI=1S/C9H19NO.C3H8/c1-4-6-8-10(7-5-2)9(3)11;1-3-2/h4-8H2,1-3H3;3H2,1-2H3. The van der Waals surface area contributed by atoms with Crippen LogP contribution in [-0.2, 0) is 4.79 Å². The second-order valence-corrected chi connectivity index (χ2v) is 3.57. The molecule has 0 aliphatic heterocycles. The van der Waals surface area contributed by atoms with E-state index < -0.39 is 0 Å². The molecule has 0 aromatic rings. The summed E-state index contributed by atoms with van der Waals surface area (Å²) >= 11 is 0. The van der Waals surface area contributed by atoms with Crippen molar-refractivity contribution in [1.29, 1.82) is 0 Å². The van der Waals surface area contributed by atoms with Gasteiger partial charge in [0.15, 0.2) is 0 Å². The molecule has 0 N–H and O–H groups in total. The van der Waals surface area contributed by atoms with Crippen LogP contribution in [0.25, 0.3) is 0 Å². The maximum Gasteiger partial charge on any atom is 0.219 e. The first-order chi connectivity index (χ1) is 6.63. The van der Waals surface area contributed by atoms with E-state index in [2.05, 4.69) is 27.7 Å². The Balaban J connectivity index is 0. The van der Waals surface area contributed by atoms with Gasteiger partial charge < -0.3 is 4.90 Å². The van der Waals surface area contributed by atoms with Crippen LogP contribution in [0.5, 0.6) is 0 Å². The van der Waals surface area contributed by atoms with Gasteiger partial charge in [-0.3, -0.25) is 4.79 Å². The smallest absolute Gasteiger partial charge is 0.219 e. The second-order valence-electron chi connectivity index (χ2n) is 3.57. The normalized spacial score (nSPS) is 8.93. The van der Waals surface area contributed by atoms with Crippen molar-refractivity contribution in [2.45, 2.75) is 60.3 Å². The van der Waals surface area contributed by atoms with E-state index >= 15 is 0 Å². The molecule has 0 bridgehead atoms. The van der Waals surface area contributed by atoms with Gasteiger partial charge >= 0.3 is 0 Å². The summed E-state index contributed by atoms with van der Waals surface area (Å²) in [7, 11) is 0. The maximum absolute atomic E-state index is 11.0. The maximum atomic E-state index is 11.0. The predicted octanol–water partition coefficient (Wildman–Crippen LogP) is 3.46. The van der Waals surface area contributed by atoms with Crippen LogP contribution >= 0.6 is 0 Å². The molecule has 0 aromatic carbocycles. The molecule has 0 atom stereocenters. The number of amides is 1. The average Bonchev–Trinajstić information content (AvgIpc) is 2.13. The molecule has 1 amide bonds. The van der Waals surface area contributed by atoms with Crippen LogP contribution in [0.2, 0.25) is 0 Å². The molecule has 0 unspecified atom stereocenters. The lowest BCUT2D eigenvalue weighted by Crippen LogP contribution is -2.30. The molecule has 0 aliphatic carbocycles. The molecule has 0 radical (unpaired) electrons. The summed E-state index contributed by atoms with van der Waals surface area (Å²) in [5, 5.41) is 0. The fraction of sp³-hybridized carbons (Fsp3) is 0.917. The quantitative estimate of drug-likeness (QED) is 0.667. The van der Waals surface area contributed by atoms with Crippen molar-refractivity contribution >= 4 is 5.91 Å². The Kier molecular flexibility index (Phi) is 14.2. The SMILES string of the molecule is CCC.CCCCN(CCC)C(C)=O. The molecule has 0 aromatic heterocycles. The first kappa shape index (κ1) is 15.9. The summed E-state index contributed by atoms with van der Waals surface area (Å²) in [6, 6.07) is 0. The number of hydrogen-bond donors (Lipinski definition) is 0. The predicted molar refractivity (Wildman–Crippen MR) is 63.4 cm³/mol. The van der Waals surface area contributed by atoms with Crippen LogP contribution in [0.15, 0.2) is 0 Å². The zero-order chi connectivity index (χ0) is 11.4. The summed E-state index contributed by atoms with van der Waals surface area (Å²) in [6.45, 7) is 12.0. The molecular formula is C12H27NO. The third kappa shape index (κ3) is 11.5. The average molecular weight is 201 g/mol. The van der Waals surface area contributed by atoms with Crippen molar-refractivity contribution in [2.75, 3.05) is 13.1 Å². The molecule has 14 heavy (non-hydrogen) atoms. The lowest BCUT2D eigenvalue weighted by molar-refractivity contribution is -0.128. The van der Waals surface area contributed by atoms with E-state index in [-0.39, 0.29) is 5.91 Å². The summed E-state index contributed by atoms with van der Waals surface area (Å²) in [6.07, 6.45) is 4.59. The van der Waals surface area contributed by atoms with Gasteiger partial charge in [-0.1, -0.05) is 40.5 Å². The zero-order valence-corrected chi connectivity index (χ0v) is 10.6. The molecule has 2 heteroatoms. The first-order valence-electron chi connectivity index (χ1n) is 5.89.